The van der Waals surface area contributed by atoms with Crippen LogP contribution in [-0.4, -0.2) is 18.3 Å². The lowest BCUT2D eigenvalue weighted by Crippen LogP contribution is -2.14. The van der Waals surface area contributed by atoms with Crippen molar-refractivity contribution in [1.29, 1.82) is 5.26 Å². The van der Waals surface area contributed by atoms with Crippen LogP contribution in [0.4, 0.5) is 5.69 Å². The Hall–Kier alpha value is -1.53. The van der Waals surface area contributed by atoms with Crippen LogP contribution in [0.15, 0.2) is 24.3 Å². The van der Waals surface area contributed by atoms with Gasteiger partial charge >= 0.3 is 0 Å². The molecule has 74 valence electrons. The molecule has 0 aliphatic rings. The monoisotopic (exact) mass is 190 g/mol. The van der Waals surface area contributed by atoms with Crippen molar-refractivity contribution in [3.05, 3.63) is 29.8 Å². The summed E-state index contributed by atoms with van der Waals surface area (Å²) < 4.78 is 0. The van der Waals surface area contributed by atoms with Crippen LogP contribution in [0.5, 0.6) is 0 Å². The second-order valence-electron chi connectivity index (χ2n) is 3.33. The maximum Gasteiger partial charge on any atom is 0.101 e. The summed E-state index contributed by atoms with van der Waals surface area (Å²) in [6.45, 7) is 2.78. The molecule has 1 aromatic rings. The lowest BCUT2D eigenvalue weighted by Gasteiger charge is -2.11. The van der Waals surface area contributed by atoms with Crippen molar-refractivity contribution in [2.24, 2.45) is 5.92 Å². The van der Waals surface area contributed by atoms with Gasteiger partial charge in [-0.2, -0.15) is 5.26 Å². The highest BCUT2D eigenvalue weighted by Gasteiger charge is 2.02. The SMILES string of the molecule is CC(CO)CNc1ccccc1C#N. The predicted molar refractivity (Wildman–Crippen MR) is 55.9 cm³/mol. The topological polar surface area (TPSA) is 56.0 Å². The smallest absolute Gasteiger partial charge is 0.101 e. The predicted octanol–water partition coefficient (Wildman–Crippen LogP) is 1.60. The molecule has 0 radical (unpaired) electrons. The van der Waals surface area contributed by atoms with Crippen molar-refractivity contribution >= 4 is 5.69 Å². The number of aliphatic hydroxyl groups is 1. The minimum Gasteiger partial charge on any atom is -0.396 e. The molecule has 0 bridgehead atoms. The number of nitriles is 1. The summed E-state index contributed by atoms with van der Waals surface area (Å²) in [5, 5.41) is 20.8. The van der Waals surface area contributed by atoms with Gasteiger partial charge in [0.1, 0.15) is 6.07 Å². The number of benzene rings is 1. The van der Waals surface area contributed by atoms with E-state index in [9.17, 15) is 0 Å². The Morgan fingerprint density at radius 3 is 2.86 bits per heavy atom. The van der Waals surface area contributed by atoms with Gasteiger partial charge < -0.3 is 10.4 Å². The molecule has 0 fully saturated rings. The highest BCUT2D eigenvalue weighted by atomic mass is 16.3. The molecule has 0 saturated carbocycles. The van der Waals surface area contributed by atoms with Gasteiger partial charge in [-0.3, -0.25) is 0 Å². The molecule has 0 spiro atoms. The Morgan fingerprint density at radius 1 is 1.50 bits per heavy atom. The van der Waals surface area contributed by atoms with Gasteiger partial charge in [-0.25, -0.2) is 0 Å². The largest absolute Gasteiger partial charge is 0.396 e. The molecular formula is C11H14N2O. The molecule has 0 heterocycles. The highest BCUT2D eigenvalue weighted by Crippen LogP contribution is 2.13. The summed E-state index contributed by atoms with van der Waals surface area (Å²) in [5.41, 5.74) is 1.47. The number of hydrogen-bond donors (Lipinski definition) is 2. The van der Waals surface area contributed by atoms with E-state index < -0.39 is 0 Å². The molecule has 1 aromatic carbocycles. The van der Waals surface area contributed by atoms with Crippen molar-refractivity contribution in [2.45, 2.75) is 6.92 Å². The number of nitrogens with zero attached hydrogens (tertiary/aromatic N) is 1. The van der Waals surface area contributed by atoms with E-state index in [2.05, 4.69) is 11.4 Å². The highest BCUT2D eigenvalue weighted by molar-refractivity contribution is 5.57. The van der Waals surface area contributed by atoms with E-state index in [1.807, 2.05) is 25.1 Å². The van der Waals surface area contributed by atoms with E-state index in [1.165, 1.54) is 0 Å². The van der Waals surface area contributed by atoms with E-state index in [-0.39, 0.29) is 12.5 Å². The molecule has 1 unspecified atom stereocenters. The fourth-order valence-electron chi connectivity index (χ4n) is 1.08. The Kier molecular flexibility index (Phi) is 3.96. The van der Waals surface area contributed by atoms with Crippen molar-refractivity contribution in [3.63, 3.8) is 0 Å². The number of aliphatic hydroxyl groups excluding tert-OH is 1. The summed E-state index contributed by atoms with van der Waals surface area (Å²) in [6.07, 6.45) is 0. The molecular weight excluding hydrogens is 176 g/mol. The van der Waals surface area contributed by atoms with Crippen LogP contribution in [0.3, 0.4) is 0 Å². The van der Waals surface area contributed by atoms with Gasteiger partial charge in [0, 0.05) is 13.2 Å². The Labute approximate surface area is 84.0 Å². The standard InChI is InChI=1S/C11H14N2O/c1-9(8-14)7-13-11-5-3-2-4-10(11)6-12/h2-5,9,13-14H,7-8H2,1H3. The lowest BCUT2D eigenvalue weighted by atomic mass is 10.1. The molecule has 1 atom stereocenters. The quantitative estimate of drug-likeness (QED) is 0.758. The minimum absolute atomic E-state index is 0.154. The van der Waals surface area contributed by atoms with Crippen molar-refractivity contribution in [1.82, 2.24) is 0 Å². The van der Waals surface area contributed by atoms with Gasteiger partial charge in [0.05, 0.1) is 11.3 Å². The summed E-state index contributed by atoms with van der Waals surface area (Å²) in [6, 6.07) is 9.46. The lowest BCUT2D eigenvalue weighted by molar-refractivity contribution is 0.244. The first-order valence-corrected chi connectivity index (χ1v) is 4.61. The number of anilines is 1. The molecule has 0 aliphatic carbocycles. The van der Waals surface area contributed by atoms with Crippen LogP contribution in [0.25, 0.3) is 0 Å². The fourth-order valence-corrected chi connectivity index (χ4v) is 1.08. The zero-order valence-electron chi connectivity index (χ0n) is 8.20. The Morgan fingerprint density at radius 2 is 2.21 bits per heavy atom. The molecule has 0 aromatic heterocycles. The van der Waals surface area contributed by atoms with Crippen LogP contribution < -0.4 is 5.32 Å². The Bertz CT molecular complexity index is 330. The molecule has 2 N–H and O–H groups in total. The second kappa shape index (κ2) is 5.25. The summed E-state index contributed by atoms with van der Waals surface area (Å²) >= 11 is 0. The summed E-state index contributed by atoms with van der Waals surface area (Å²) in [7, 11) is 0. The zero-order chi connectivity index (χ0) is 10.4. The first-order chi connectivity index (χ1) is 6.77. The van der Waals surface area contributed by atoms with Crippen molar-refractivity contribution < 1.29 is 5.11 Å². The van der Waals surface area contributed by atoms with E-state index in [0.29, 0.717) is 12.1 Å². The Balaban J connectivity index is 2.63. The molecule has 3 heteroatoms. The average Bonchev–Trinajstić information content (AvgIpc) is 2.26. The van der Waals surface area contributed by atoms with Gasteiger partial charge in [0.25, 0.3) is 0 Å². The van der Waals surface area contributed by atoms with Crippen LogP contribution in [0.2, 0.25) is 0 Å². The first kappa shape index (κ1) is 10.6. The number of rotatable bonds is 4. The van der Waals surface area contributed by atoms with Crippen LogP contribution in [-0.2, 0) is 0 Å². The third-order valence-corrected chi connectivity index (χ3v) is 2.00. The van der Waals surface area contributed by atoms with E-state index in [1.54, 1.807) is 6.07 Å². The molecule has 0 amide bonds. The number of nitrogens with one attached hydrogen (secondary N) is 1. The minimum atomic E-state index is 0.154. The van der Waals surface area contributed by atoms with Crippen LogP contribution in [0, 0.1) is 17.2 Å². The van der Waals surface area contributed by atoms with E-state index in [4.69, 9.17) is 10.4 Å². The van der Waals surface area contributed by atoms with Gasteiger partial charge in [-0.1, -0.05) is 19.1 Å². The van der Waals surface area contributed by atoms with E-state index >= 15 is 0 Å². The van der Waals surface area contributed by atoms with Gasteiger partial charge in [0.15, 0.2) is 0 Å². The molecule has 0 aliphatic heterocycles. The third kappa shape index (κ3) is 2.75. The van der Waals surface area contributed by atoms with E-state index in [0.717, 1.165) is 5.69 Å². The van der Waals surface area contributed by atoms with Gasteiger partial charge in [0.2, 0.25) is 0 Å². The van der Waals surface area contributed by atoms with Gasteiger partial charge in [-0.15, -0.1) is 0 Å². The maximum absolute atomic E-state index is 8.83. The van der Waals surface area contributed by atoms with Crippen molar-refractivity contribution in [2.75, 3.05) is 18.5 Å². The molecule has 1 rings (SSSR count). The number of hydrogen-bond acceptors (Lipinski definition) is 3. The second-order valence-corrected chi connectivity index (χ2v) is 3.33. The third-order valence-electron chi connectivity index (χ3n) is 2.00. The van der Waals surface area contributed by atoms with Crippen LogP contribution >= 0.6 is 0 Å². The molecule has 3 nitrogen and oxygen atoms in total. The van der Waals surface area contributed by atoms with Crippen LogP contribution in [0.1, 0.15) is 12.5 Å². The average molecular weight is 190 g/mol. The normalized spacial score (nSPS) is 11.8. The molecule has 14 heavy (non-hydrogen) atoms. The fraction of sp³-hybridized carbons (Fsp3) is 0.364. The number of para-hydroxylation sites is 1. The first-order valence-electron chi connectivity index (χ1n) is 4.61. The van der Waals surface area contributed by atoms with Crippen molar-refractivity contribution in [3.8, 4) is 6.07 Å². The summed E-state index contributed by atoms with van der Waals surface area (Å²) in [5.74, 6) is 0.196. The maximum atomic E-state index is 8.83. The summed E-state index contributed by atoms with van der Waals surface area (Å²) in [4.78, 5) is 0. The van der Waals surface area contributed by atoms with Gasteiger partial charge in [-0.05, 0) is 18.1 Å². The zero-order valence-corrected chi connectivity index (χ0v) is 8.20. The molecule has 0 saturated heterocycles.